The zero-order valence-corrected chi connectivity index (χ0v) is 21.2. The lowest BCUT2D eigenvalue weighted by atomic mass is 10.1. The van der Waals surface area contributed by atoms with E-state index in [1.807, 2.05) is 18.7 Å². The number of hydrogen-bond acceptors (Lipinski definition) is 3. The highest BCUT2D eigenvalue weighted by atomic mass is 127. The van der Waals surface area contributed by atoms with Crippen LogP contribution in [0.25, 0.3) is 0 Å². The van der Waals surface area contributed by atoms with Crippen LogP contribution in [-0.2, 0) is 13.5 Å². The van der Waals surface area contributed by atoms with Gasteiger partial charge in [-0.25, -0.2) is 8.78 Å². The molecule has 31 heavy (non-hydrogen) atoms. The van der Waals surface area contributed by atoms with Gasteiger partial charge in [-0.3, -0.25) is 9.67 Å². The topological polar surface area (TPSA) is 57.5 Å². The average Bonchev–Trinajstić information content (AvgIpc) is 3.27. The third kappa shape index (κ3) is 6.30. The molecular formula is C22H33F2IN6. The van der Waals surface area contributed by atoms with Crippen LogP contribution in [0.2, 0.25) is 0 Å². The second kappa shape index (κ2) is 11.1. The van der Waals surface area contributed by atoms with Gasteiger partial charge in [-0.05, 0) is 57.2 Å². The Kier molecular flexibility index (Phi) is 9.08. The Labute approximate surface area is 200 Å². The van der Waals surface area contributed by atoms with Crippen molar-refractivity contribution in [3.05, 3.63) is 46.8 Å². The molecule has 172 valence electrons. The highest BCUT2D eigenvalue weighted by Crippen LogP contribution is 2.25. The van der Waals surface area contributed by atoms with Crippen LogP contribution in [0, 0.1) is 31.4 Å². The molecular weight excluding hydrogens is 513 g/mol. The Bertz CT molecular complexity index is 914. The van der Waals surface area contributed by atoms with E-state index in [4.69, 9.17) is 0 Å². The van der Waals surface area contributed by atoms with E-state index in [9.17, 15) is 8.78 Å². The predicted octanol–water partition coefficient (Wildman–Crippen LogP) is 3.56. The second-order valence-electron chi connectivity index (χ2n) is 8.17. The van der Waals surface area contributed by atoms with Crippen LogP contribution in [0.4, 0.5) is 14.5 Å². The van der Waals surface area contributed by atoms with Crippen molar-refractivity contribution >= 4 is 35.6 Å². The van der Waals surface area contributed by atoms with Crippen molar-refractivity contribution in [2.24, 2.45) is 18.0 Å². The Hall–Kier alpha value is -1.91. The molecule has 1 aromatic heterocycles. The lowest BCUT2D eigenvalue weighted by molar-refractivity contribution is 0.508. The first kappa shape index (κ1) is 25.4. The van der Waals surface area contributed by atoms with Crippen molar-refractivity contribution < 1.29 is 8.78 Å². The van der Waals surface area contributed by atoms with Gasteiger partial charge in [0.2, 0.25) is 0 Å². The number of nitrogens with zero attached hydrogens (tertiary/aromatic N) is 4. The van der Waals surface area contributed by atoms with Gasteiger partial charge < -0.3 is 15.5 Å². The molecule has 1 saturated heterocycles. The molecule has 0 aliphatic carbocycles. The van der Waals surface area contributed by atoms with E-state index >= 15 is 0 Å². The first-order valence-electron chi connectivity index (χ1n) is 10.4. The number of nitrogens with one attached hydrogen (secondary N) is 2. The molecule has 2 heterocycles. The van der Waals surface area contributed by atoms with E-state index < -0.39 is 11.6 Å². The minimum absolute atomic E-state index is 0. The third-order valence-corrected chi connectivity index (χ3v) is 5.89. The van der Waals surface area contributed by atoms with Crippen LogP contribution in [0.3, 0.4) is 0 Å². The van der Waals surface area contributed by atoms with Crippen LogP contribution in [-0.4, -0.2) is 48.5 Å². The summed E-state index contributed by atoms with van der Waals surface area (Å²) in [5.74, 6) is -0.425. The lowest BCUT2D eigenvalue weighted by Gasteiger charge is -2.21. The molecule has 0 spiro atoms. The van der Waals surface area contributed by atoms with Gasteiger partial charge in [0.05, 0.1) is 5.69 Å². The van der Waals surface area contributed by atoms with Gasteiger partial charge in [0.1, 0.15) is 0 Å². The second-order valence-corrected chi connectivity index (χ2v) is 8.17. The normalized spacial score (nSPS) is 17.5. The number of aromatic nitrogens is 2. The summed E-state index contributed by atoms with van der Waals surface area (Å²) in [6.45, 7) is 8.68. The summed E-state index contributed by atoms with van der Waals surface area (Å²) in [5, 5.41) is 11.4. The molecule has 2 N–H and O–H groups in total. The summed E-state index contributed by atoms with van der Waals surface area (Å²) in [4.78, 5) is 6.45. The Balaban J connectivity index is 0.00000341. The minimum Gasteiger partial charge on any atom is -0.371 e. The van der Waals surface area contributed by atoms with Crippen molar-refractivity contribution in [1.29, 1.82) is 0 Å². The molecule has 0 saturated carbocycles. The SMILES string of the molecule is CN=C(NCC1CCN(c2ccc(F)c(F)c2)C1)NC(C)Cc1c(C)nn(C)c1C.I. The van der Waals surface area contributed by atoms with Crippen LogP contribution < -0.4 is 15.5 Å². The van der Waals surface area contributed by atoms with E-state index in [2.05, 4.69) is 39.5 Å². The molecule has 1 fully saturated rings. The van der Waals surface area contributed by atoms with Gasteiger partial charge in [-0.1, -0.05) is 0 Å². The highest BCUT2D eigenvalue weighted by molar-refractivity contribution is 14.0. The molecule has 2 atom stereocenters. The average molecular weight is 546 g/mol. The highest BCUT2D eigenvalue weighted by Gasteiger charge is 2.24. The fraction of sp³-hybridized carbons (Fsp3) is 0.545. The molecule has 0 amide bonds. The van der Waals surface area contributed by atoms with Crippen LogP contribution in [0.5, 0.6) is 0 Å². The summed E-state index contributed by atoms with van der Waals surface area (Å²) in [5.41, 5.74) is 4.25. The van der Waals surface area contributed by atoms with Gasteiger partial charge >= 0.3 is 0 Å². The maximum absolute atomic E-state index is 13.5. The number of hydrogen-bond donors (Lipinski definition) is 2. The molecule has 6 nitrogen and oxygen atoms in total. The Morgan fingerprint density at radius 2 is 2.03 bits per heavy atom. The fourth-order valence-corrected chi connectivity index (χ4v) is 4.05. The van der Waals surface area contributed by atoms with E-state index in [-0.39, 0.29) is 30.0 Å². The molecule has 1 aliphatic heterocycles. The summed E-state index contributed by atoms with van der Waals surface area (Å²) in [6.07, 6.45) is 1.87. The van der Waals surface area contributed by atoms with Crippen molar-refractivity contribution in [1.82, 2.24) is 20.4 Å². The molecule has 2 unspecified atom stereocenters. The van der Waals surface area contributed by atoms with E-state index in [1.165, 1.54) is 23.4 Å². The zero-order valence-electron chi connectivity index (χ0n) is 18.9. The maximum atomic E-state index is 13.5. The number of halogens is 3. The molecule has 9 heteroatoms. The quantitative estimate of drug-likeness (QED) is 0.331. The number of rotatable bonds is 6. The fourth-order valence-electron chi connectivity index (χ4n) is 4.05. The summed E-state index contributed by atoms with van der Waals surface area (Å²) in [6, 6.07) is 4.31. The number of aliphatic imine (C=N–C) groups is 1. The Morgan fingerprint density at radius 1 is 1.29 bits per heavy atom. The summed E-state index contributed by atoms with van der Waals surface area (Å²) in [7, 11) is 3.74. The van der Waals surface area contributed by atoms with Crippen molar-refractivity contribution in [2.75, 3.05) is 31.6 Å². The van der Waals surface area contributed by atoms with Gasteiger partial charge in [-0.15, -0.1) is 24.0 Å². The largest absolute Gasteiger partial charge is 0.371 e. The number of benzene rings is 1. The van der Waals surface area contributed by atoms with E-state index in [0.717, 1.165) is 49.8 Å². The standard InChI is InChI=1S/C22H32F2N6.HI/c1-14(10-19-15(2)28-29(5)16(19)3)27-22(25-4)26-12-17-8-9-30(13-17)18-6-7-20(23)21(24)11-18;/h6-7,11,14,17H,8-10,12-13H2,1-5H3,(H2,25,26,27);1H. The smallest absolute Gasteiger partial charge is 0.191 e. The van der Waals surface area contributed by atoms with Gasteiger partial charge in [0.25, 0.3) is 0 Å². The summed E-state index contributed by atoms with van der Waals surface area (Å²) >= 11 is 0. The van der Waals surface area contributed by atoms with Crippen LogP contribution in [0.1, 0.15) is 30.3 Å². The third-order valence-electron chi connectivity index (χ3n) is 5.89. The van der Waals surface area contributed by atoms with Gasteiger partial charge in [-0.2, -0.15) is 5.10 Å². The van der Waals surface area contributed by atoms with Gasteiger partial charge in [0.15, 0.2) is 17.6 Å². The number of aryl methyl sites for hydroxylation is 2. The predicted molar refractivity (Wildman–Crippen MR) is 132 cm³/mol. The number of anilines is 1. The molecule has 0 radical (unpaired) electrons. The lowest BCUT2D eigenvalue weighted by Crippen LogP contribution is -2.45. The number of guanidine groups is 1. The maximum Gasteiger partial charge on any atom is 0.191 e. The molecule has 1 aliphatic rings. The van der Waals surface area contributed by atoms with E-state index in [0.29, 0.717) is 5.92 Å². The van der Waals surface area contributed by atoms with Gasteiger partial charge in [0, 0.05) is 57.2 Å². The van der Waals surface area contributed by atoms with Crippen LogP contribution >= 0.6 is 24.0 Å². The molecule has 3 rings (SSSR count). The minimum atomic E-state index is -0.808. The zero-order chi connectivity index (χ0) is 21.8. The van der Waals surface area contributed by atoms with Crippen molar-refractivity contribution in [3.8, 4) is 0 Å². The summed E-state index contributed by atoms with van der Waals surface area (Å²) < 4.78 is 28.6. The first-order valence-corrected chi connectivity index (χ1v) is 10.4. The monoisotopic (exact) mass is 546 g/mol. The molecule has 1 aromatic carbocycles. The first-order chi connectivity index (χ1) is 14.3. The molecule has 2 aromatic rings. The van der Waals surface area contributed by atoms with E-state index in [1.54, 1.807) is 13.1 Å². The molecule has 0 bridgehead atoms. The van der Waals surface area contributed by atoms with Crippen molar-refractivity contribution in [2.45, 2.75) is 39.7 Å². The van der Waals surface area contributed by atoms with Crippen molar-refractivity contribution in [3.63, 3.8) is 0 Å². The van der Waals surface area contributed by atoms with Crippen LogP contribution in [0.15, 0.2) is 23.2 Å². The Morgan fingerprint density at radius 3 is 2.65 bits per heavy atom.